The molecule has 0 aliphatic heterocycles. The van der Waals surface area contributed by atoms with Crippen LogP contribution in [0, 0.1) is 0 Å². The summed E-state index contributed by atoms with van der Waals surface area (Å²) in [6, 6.07) is 9.92. The lowest BCUT2D eigenvalue weighted by molar-refractivity contribution is -0.148. The zero-order valence-electron chi connectivity index (χ0n) is 10.5. The topological polar surface area (TPSA) is 46.5 Å². The van der Waals surface area contributed by atoms with Crippen LogP contribution in [-0.4, -0.2) is 23.3 Å². The molecule has 0 radical (unpaired) electrons. The molecule has 1 unspecified atom stereocenters. The molecule has 1 aromatic rings. The zero-order valence-corrected chi connectivity index (χ0v) is 10.5. The first-order chi connectivity index (χ1) is 8.03. The monoisotopic (exact) mass is 236 g/mol. The van der Waals surface area contributed by atoms with Crippen molar-refractivity contribution in [1.29, 1.82) is 0 Å². The molecule has 94 valence electrons. The summed E-state index contributed by atoms with van der Waals surface area (Å²) in [5.41, 5.74) is 0.166. The lowest BCUT2D eigenvalue weighted by Gasteiger charge is -2.22. The largest absolute Gasteiger partial charge is 0.466 e. The van der Waals surface area contributed by atoms with Crippen molar-refractivity contribution in [3.63, 3.8) is 0 Å². The van der Waals surface area contributed by atoms with Crippen molar-refractivity contribution in [1.82, 2.24) is 0 Å². The van der Waals surface area contributed by atoms with Crippen molar-refractivity contribution in [2.45, 2.75) is 38.7 Å². The number of carbonyl (C=O) groups excluding carboxylic acids is 1. The highest BCUT2D eigenvalue weighted by Crippen LogP contribution is 2.18. The highest BCUT2D eigenvalue weighted by Gasteiger charge is 2.24. The molecule has 0 heterocycles. The van der Waals surface area contributed by atoms with Crippen molar-refractivity contribution in [2.75, 3.05) is 6.61 Å². The Bertz CT molecular complexity index is 344. The van der Waals surface area contributed by atoms with E-state index in [-0.39, 0.29) is 12.4 Å². The van der Waals surface area contributed by atoms with Crippen molar-refractivity contribution in [2.24, 2.45) is 0 Å². The van der Waals surface area contributed by atoms with E-state index in [1.165, 1.54) is 0 Å². The van der Waals surface area contributed by atoms with Crippen LogP contribution in [0.1, 0.15) is 32.3 Å². The molecule has 0 saturated heterocycles. The number of benzene rings is 1. The van der Waals surface area contributed by atoms with Gasteiger partial charge in [-0.1, -0.05) is 30.3 Å². The van der Waals surface area contributed by atoms with E-state index in [0.717, 1.165) is 12.0 Å². The van der Waals surface area contributed by atoms with Gasteiger partial charge in [-0.05, 0) is 32.3 Å². The maximum absolute atomic E-state index is 11.3. The van der Waals surface area contributed by atoms with Crippen LogP contribution in [0.4, 0.5) is 0 Å². The number of rotatable bonds is 6. The van der Waals surface area contributed by atoms with Gasteiger partial charge in [0, 0.05) is 0 Å². The van der Waals surface area contributed by atoms with Crippen molar-refractivity contribution in [3.05, 3.63) is 35.9 Å². The van der Waals surface area contributed by atoms with Gasteiger partial charge in [-0.2, -0.15) is 0 Å². The molecule has 0 aromatic heterocycles. The molecule has 0 fully saturated rings. The smallest absolute Gasteiger partial charge is 0.308 e. The Hall–Kier alpha value is -1.35. The second-order valence-corrected chi connectivity index (χ2v) is 4.46. The normalized spacial score (nSPS) is 14.1. The number of aryl methyl sites for hydroxylation is 1. The molecule has 0 spiro atoms. The highest BCUT2D eigenvalue weighted by molar-refractivity contribution is 5.70. The highest BCUT2D eigenvalue weighted by atomic mass is 16.5. The fourth-order valence-corrected chi connectivity index (χ4v) is 1.67. The first-order valence-electron chi connectivity index (χ1n) is 5.95. The van der Waals surface area contributed by atoms with Gasteiger partial charge in [0.25, 0.3) is 0 Å². The van der Waals surface area contributed by atoms with E-state index in [1.807, 2.05) is 30.3 Å². The van der Waals surface area contributed by atoms with Crippen LogP contribution in [0.5, 0.6) is 0 Å². The van der Waals surface area contributed by atoms with Crippen molar-refractivity contribution >= 4 is 5.97 Å². The van der Waals surface area contributed by atoms with E-state index >= 15 is 0 Å². The van der Waals surface area contributed by atoms with E-state index in [1.54, 1.807) is 13.8 Å². The Morgan fingerprint density at radius 2 is 2.00 bits per heavy atom. The summed E-state index contributed by atoms with van der Waals surface area (Å²) in [7, 11) is 0. The SMILES string of the molecule is CCOC(=O)CC(C)(O)CCc1ccccc1. The Kier molecular flexibility index (Phi) is 5.16. The summed E-state index contributed by atoms with van der Waals surface area (Å²) in [5, 5.41) is 10.1. The molecule has 1 aromatic carbocycles. The summed E-state index contributed by atoms with van der Waals surface area (Å²) in [4.78, 5) is 11.3. The molecular weight excluding hydrogens is 216 g/mol. The third kappa shape index (κ3) is 5.50. The summed E-state index contributed by atoms with van der Waals surface area (Å²) < 4.78 is 4.83. The van der Waals surface area contributed by atoms with Crippen molar-refractivity contribution < 1.29 is 14.6 Å². The Balaban J connectivity index is 2.41. The summed E-state index contributed by atoms with van der Waals surface area (Å²) in [6.45, 7) is 3.79. The van der Waals surface area contributed by atoms with Gasteiger partial charge in [0.1, 0.15) is 0 Å². The molecule has 3 heteroatoms. The van der Waals surface area contributed by atoms with Crippen LogP contribution in [0.25, 0.3) is 0 Å². The quantitative estimate of drug-likeness (QED) is 0.771. The second-order valence-electron chi connectivity index (χ2n) is 4.46. The van der Waals surface area contributed by atoms with E-state index in [2.05, 4.69) is 0 Å². The molecule has 0 aliphatic carbocycles. The summed E-state index contributed by atoms with van der Waals surface area (Å²) in [6.07, 6.45) is 1.36. The predicted molar refractivity (Wildman–Crippen MR) is 66.6 cm³/mol. The minimum Gasteiger partial charge on any atom is -0.466 e. The van der Waals surface area contributed by atoms with Crippen LogP contribution in [0.3, 0.4) is 0 Å². The lowest BCUT2D eigenvalue weighted by Crippen LogP contribution is -2.29. The molecular formula is C14H20O3. The minimum absolute atomic E-state index is 0.0493. The zero-order chi connectivity index (χ0) is 12.7. The molecule has 0 bridgehead atoms. The molecule has 1 rings (SSSR count). The van der Waals surface area contributed by atoms with Gasteiger partial charge < -0.3 is 9.84 Å². The number of hydrogen-bond acceptors (Lipinski definition) is 3. The van der Waals surface area contributed by atoms with E-state index in [9.17, 15) is 9.90 Å². The summed E-state index contributed by atoms with van der Waals surface area (Å²) in [5.74, 6) is -0.342. The number of carbonyl (C=O) groups is 1. The van der Waals surface area contributed by atoms with E-state index in [4.69, 9.17) is 4.74 Å². The Morgan fingerprint density at radius 3 is 2.59 bits per heavy atom. The van der Waals surface area contributed by atoms with Gasteiger partial charge in [-0.15, -0.1) is 0 Å². The molecule has 0 amide bonds. The number of ether oxygens (including phenoxy) is 1. The molecule has 17 heavy (non-hydrogen) atoms. The van der Waals surface area contributed by atoms with Crippen LogP contribution in [0.2, 0.25) is 0 Å². The minimum atomic E-state index is -0.998. The first-order valence-corrected chi connectivity index (χ1v) is 5.95. The maximum atomic E-state index is 11.3. The standard InChI is InChI=1S/C14H20O3/c1-3-17-13(15)11-14(2,16)10-9-12-7-5-4-6-8-12/h4-8,16H,3,9-11H2,1-2H3. The molecule has 0 saturated carbocycles. The van der Waals surface area contributed by atoms with Gasteiger partial charge >= 0.3 is 5.97 Å². The van der Waals surface area contributed by atoms with Gasteiger partial charge in [0.2, 0.25) is 0 Å². The Labute approximate surface area is 102 Å². The van der Waals surface area contributed by atoms with Crippen LogP contribution >= 0.6 is 0 Å². The molecule has 3 nitrogen and oxygen atoms in total. The second kappa shape index (κ2) is 6.40. The number of aliphatic hydroxyl groups is 1. The average molecular weight is 236 g/mol. The number of hydrogen-bond donors (Lipinski definition) is 1. The van der Waals surface area contributed by atoms with Crippen molar-refractivity contribution in [3.8, 4) is 0 Å². The molecule has 1 N–H and O–H groups in total. The third-order valence-electron chi connectivity index (χ3n) is 2.63. The van der Waals surface area contributed by atoms with E-state index < -0.39 is 5.60 Å². The van der Waals surface area contributed by atoms with Gasteiger partial charge in [0.05, 0.1) is 18.6 Å². The third-order valence-corrected chi connectivity index (χ3v) is 2.63. The van der Waals surface area contributed by atoms with E-state index in [0.29, 0.717) is 13.0 Å². The van der Waals surface area contributed by atoms with Gasteiger partial charge in [0.15, 0.2) is 0 Å². The van der Waals surface area contributed by atoms with Crippen LogP contribution < -0.4 is 0 Å². The first kappa shape index (κ1) is 13.7. The molecule has 0 aliphatic rings. The average Bonchev–Trinajstić information content (AvgIpc) is 2.27. The maximum Gasteiger partial charge on any atom is 0.308 e. The lowest BCUT2D eigenvalue weighted by atomic mass is 9.94. The van der Waals surface area contributed by atoms with Crippen LogP contribution in [-0.2, 0) is 16.0 Å². The predicted octanol–water partition coefficient (Wildman–Crippen LogP) is 2.32. The fraction of sp³-hybridized carbons (Fsp3) is 0.500. The summed E-state index contributed by atoms with van der Waals surface area (Å²) >= 11 is 0. The molecule has 1 atom stereocenters. The van der Waals surface area contributed by atoms with Gasteiger partial charge in [-0.3, -0.25) is 4.79 Å². The Morgan fingerprint density at radius 1 is 1.35 bits per heavy atom. The van der Waals surface area contributed by atoms with Gasteiger partial charge in [-0.25, -0.2) is 0 Å². The number of esters is 1. The fourth-order valence-electron chi connectivity index (χ4n) is 1.67. The van der Waals surface area contributed by atoms with Crippen LogP contribution in [0.15, 0.2) is 30.3 Å².